The summed E-state index contributed by atoms with van der Waals surface area (Å²) in [4.78, 5) is 10.9. The SMILES string of the molecule is Cc1ccc(C(=O)O)c2ccccc12.[Ga]. The molecule has 0 saturated heterocycles. The summed E-state index contributed by atoms with van der Waals surface area (Å²) < 4.78 is 0. The van der Waals surface area contributed by atoms with Crippen molar-refractivity contribution < 1.29 is 9.90 Å². The van der Waals surface area contributed by atoms with Gasteiger partial charge in [0.25, 0.3) is 0 Å². The Kier molecular flexibility index (Phi) is 3.60. The molecule has 0 aliphatic carbocycles. The van der Waals surface area contributed by atoms with Crippen LogP contribution in [-0.2, 0) is 0 Å². The quantitative estimate of drug-likeness (QED) is 0.795. The largest absolute Gasteiger partial charge is 0.478 e. The van der Waals surface area contributed by atoms with Crippen molar-refractivity contribution in [2.45, 2.75) is 6.92 Å². The Morgan fingerprint density at radius 2 is 1.67 bits per heavy atom. The molecule has 2 nitrogen and oxygen atoms in total. The first-order valence-electron chi connectivity index (χ1n) is 4.42. The van der Waals surface area contributed by atoms with Gasteiger partial charge in [-0.25, -0.2) is 4.79 Å². The molecule has 0 saturated carbocycles. The molecule has 0 amide bonds. The van der Waals surface area contributed by atoms with Gasteiger partial charge in [0.05, 0.1) is 5.56 Å². The van der Waals surface area contributed by atoms with Crippen LogP contribution in [0, 0.1) is 6.92 Å². The summed E-state index contributed by atoms with van der Waals surface area (Å²) in [7, 11) is 0. The van der Waals surface area contributed by atoms with E-state index in [-0.39, 0.29) is 19.8 Å². The van der Waals surface area contributed by atoms with Crippen molar-refractivity contribution in [1.29, 1.82) is 0 Å². The molecule has 2 rings (SSSR count). The van der Waals surface area contributed by atoms with E-state index in [1.54, 1.807) is 6.07 Å². The minimum absolute atomic E-state index is 0. The number of fused-ring (bicyclic) bond motifs is 1. The molecule has 0 aromatic heterocycles. The van der Waals surface area contributed by atoms with Gasteiger partial charge in [-0.2, -0.15) is 0 Å². The Balaban J connectivity index is 0.00000112. The van der Waals surface area contributed by atoms with Crippen LogP contribution in [0.2, 0.25) is 0 Å². The molecule has 2 aromatic rings. The van der Waals surface area contributed by atoms with Crippen LogP contribution in [0.25, 0.3) is 10.8 Å². The summed E-state index contributed by atoms with van der Waals surface area (Å²) in [5.74, 6) is -0.874. The van der Waals surface area contributed by atoms with E-state index in [0.29, 0.717) is 5.56 Å². The zero-order valence-corrected chi connectivity index (χ0v) is 10.8. The van der Waals surface area contributed by atoms with Crippen molar-refractivity contribution >= 4 is 36.5 Å². The second-order valence-electron chi connectivity index (χ2n) is 3.28. The second kappa shape index (κ2) is 4.55. The summed E-state index contributed by atoms with van der Waals surface area (Å²) in [6, 6.07) is 11.0. The molecule has 1 N–H and O–H groups in total. The smallest absolute Gasteiger partial charge is 0.336 e. The van der Waals surface area contributed by atoms with E-state index < -0.39 is 5.97 Å². The molecule has 3 radical (unpaired) electrons. The zero-order valence-electron chi connectivity index (χ0n) is 8.40. The van der Waals surface area contributed by atoms with Crippen molar-refractivity contribution in [3.8, 4) is 0 Å². The Morgan fingerprint density at radius 3 is 2.27 bits per heavy atom. The minimum atomic E-state index is -0.874. The van der Waals surface area contributed by atoms with Gasteiger partial charge in [-0.1, -0.05) is 30.3 Å². The third kappa shape index (κ3) is 2.08. The van der Waals surface area contributed by atoms with Gasteiger partial charge in [-0.3, -0.25) is 0 Å². The standard InChI is InChI=1S/C12H10O2.Ga/c1-8-6-7-11(12(13)14)10-5-3-2-4-9(8)10;/h2-7H,1H3,(H,13,14);. The van der Waals surface area contributed by atoms with Crippen LogP contribution in [0.1, 0.15) is 15.9 Å². The van der Waals surface area contributed by atoms with Crippen LogP contribution in [0.15, 0.2) is 36.4 Å². The fraction of sp³-hybridized carbons (Fsp3) is 0.0833. The summed E-state index contributed by atoms with van der Waals surface area (Å²) in [6.07, 6.45) is 0. The fourth-order valence-corrected chi connectivity index (χ4v) is 1.64. The first-order chi connectivity index (χ1) is 6.70. The third-order valence-electron chi connectivity index (χ3n) is 2.37. The number of carbonyl (C=O) groups is 1. The van der Waals surface area contributed by atoms with Crippen LogP contribution in [0.3, 0.4) is 0 Å². The molecular formula is C12H10GaO2. The number of carboxylic acids is 1. The maximum atomic E-state index is 10.9. The number of benzene rings is 2. The van der Waals surface area contributed by atoms with Crippen LogP contribution < -0.4 is 0 Å². The molecule has 3 heteroatoms. The second-order valence-corrected chi connectivity index (χ2v) is 3.28. The molecule has 0 heterocycles. The summed E-state index contributed by atoms with van der Waals surface area (Å²) in [5, 5.41) is 10.8. The van der Waals surface area contributed by atoms with Gasteiger partial charge in [0, 0.05) is 19.8 Å². The molecule has 15 heavy (non-hydrogen) atoms. The predicted molar refractivity (Wildman–Crippen MR) is 61.4 cm³/mol. The van der Waals surface area contributed by atoms with Crippen molar-refractivity contribution in [3.63, 3.8) is 0 Å². The molecule has 0 atom stereocenters. The molecular weight excluding hydrogens is 246 g/mol. The first kappa shape index (κ1) is 11.9. The topological polar surface area (TPSA) is 37.3 Å². The molecule has 0 fully saturated rings. The van der Waals surface area contributed by atoms with Gasteiger partial charge in [0.1, 0.15) is 0 Å². The molecule has 0 spiro atoms. The third-order valence-corrected chi connectivity index (χ3v) is 2.37. The van der Waals surface area contributed by atoms with Crippen molar-refractivity contribution in [2.24, 2.45) is 0 Å². The van der Waals surface area contributed by atoms with Crippen molar-refractivity contribution in [1.82, 2.24) is 0 Å². The summed E-state index contributed by atoms with van der Waals surface area (Å²) >= 11 is 0. The number of hydrogen-bond acceptors (Lipinski definition) is 1. The Bertz CT molecular complexity index is 506. The predicted octanol–water partition coefficient (Wildman–Crippen LogP) is 2.47. The van der Waals surface area contributed by atoms with E-state index in [1.165, 1.54) is 0 Å². The molecule has 0 aliphatic heterocycles. The monoisotopic (exact) mass is 255 g/mol. The van der Waals surface area contributed by atoms with Crippen LogP contribution >= 0.6 is 0 Å². The molecule has 0 unspecified atom stereocenters. The van der Waals surface area contributed by atoms with Crippen LogP contribution in [0.5, 0.6) is 0 Å². The van der Waals surface area contributed by atoms with Crippen LogP contribution in [-0.4, -0.2) is 30.9 Å². The van der Waals surface area contributed by atoms with E-state index in [1.807, 2.05) is 37.3 Å². The molecule has 0 bridgehead atoms. The van der Waals surface area contributed by atoms with Crippen molar-refractivity contribution in [3.05, 3.63) is 47.5 Å². The number of hydrogen-bond donors (Lipinski definition) is 1. The Hall–Kier alpha value is -1.19. The zero-order chi connectivity index (χ0) is 10.1. The van der Waals surface area contributed by atoms with Crippen molar-refractivity contribution in [2.75, 3.05) is 0 Å². The maximum Gasteiger partial charge on any atom is 0.336 e. The van der Waals surface area contributed by atoms with Crippen LogP contribution in [0.4, 0.5) is 0 Å². The normalized spacial score (nSPS) is 9.67. The summed E-state index contributed by atoms with van der Waals surface area (Å²) in [6.45, 7) is 1.98. The molecule has 73 valence electrons. The average Bonchev–Trinajstić information content (AvgIpc) is 2.18. The van der Waals surface area contributed by atoms with Gasteiger partial charge < -0.3 is 5.11 Å². The molecule has 0 aliphatic rings. The van der Waals surface area contributed by atoms with Gasteiger partial charge in [0.15, 0.2) is 0 Å². The summed E-state index contributed by atoms with van der Waals surface area (Å²) in [5.41, 5.74) is 1.47. The average molecular weight is 256 g/mol. The van der Waals surface area contributed by atoms with E-state index in [2.05, 4.69) is 0 Å². The van der Waals surface area contributed by atoms with Gasteiger partial charge in [-0.05, 0) is 29.3 Å². The number of aryl methyl sites for hydroxylation is 1. The number of carboxylic acid groups (broad SMARTS) is 1. The van der Waals surface area contributed by atoms with E-state index in [9.17, 15) is 4.79 Å². The van der Waals surface area contributed by atoms with Gasteiger partial charge in [-0.15, -0.1) is 0 Å². The molecule has 2 aromatic carbocycles. The minimum Gasteiger partial charge on any atom is -0.478 e. The van der Waals surface area contributed by atoms with Gasteiger partial charge >= 0.3 is 5.97 Å². The first-order valence-corrected chi connectivity index (χ1v) is 4.42. The van der Waals surface area contributed by atoms with E-state index in [4.69, 9.17) is 5.11 Å². The van der Waals surface area contributed by atoms with E-state index >= 15 is 0 Å². The number of rotatable bonds is 1. The Labute approximate surface area is 101 Å². The van der Waals surface area contributed by atoms with Gasteiger partial charge in [0.2, 0.25) is 0 Å². The Morgan fingerprint density at radius 1 is 1.07 bits per heavy atom. The fourth-order valence-electron chi connectivity index (χ4n) is 1.64. The number of aromatic carboxylic acids is 1. The van der Waals surface area contributed by atoms with E-state index in [0.717, 1.165) is 16.3 Å². The maximum absolute atomic E-state index is 10.9.